The zero-order chi connectivity index (χ0) is 17.5. The van der Waals surface area contributed by atoms with Crippen molar-refractivity contribution >= 4 is 38.7 Å². The molecule has 3 rings (SSSR count). The quantitative estimate of drug-likeness (QED) is 0.821. The summed E-state index contributed by atoms with van der Waals surface area (Å²) in [7, 11) is -1.91. The van der Waals surface area contributed by atoms with Gasteiger partial charge in [0.25, 0.3) is 0 Å². The molecule has 7 nitrogen and oxygen atoms in total. The molecule has 24 heavy (non-hydrogen) atoms. The lowest BCUT2D eigenvalue weighted by atomic mass is 10.3. The molecule has 130 valence electrons. The first-order valence-electron chi connectivity index (χ1n) is 7.72. The average molecular weight is 368 g/mol. The summed E-state index contributed by atoms with van der Waals surface area (Å²) < 4.78 is 24.8. The molecular weight excluding hydrogens is 348 g/mol. The van der Waals surface area contributed by atoms with E-state index in [0.717, 1.165) is 31.4 Å². The highest BCUT2D eigenvalue weighted by Gasteiger charge is 2.25. The van der Waals surface area contributed by atoms with Crippen molar-refractivity contribution < 1.29 is 13.2 Å². The molecule has 1 fully saturated rings. The zero-order valence-corrected chi connectivity index (χ0v) is 15.2. The largest absolute Gasteiger partial charge is 0.342 e. The van der Waals surface area contributed by atoms with E-state index in [1.165, 1.54) is 23.9 Å². The van der Waals surface area contributed by atoms with Gasteiger partial charge in [-0.2, -0.15) is 0 Å². The monoisotopic (exact) mass is 368 g/mol. The number of likely N-dealkylation sites (tertiary alicyclic amines) is 1. The van der Waals surface area contributed by atoms with Crippen LogP contribution in [0.3, 0.4) is 0 Å². The van der Waals surface area contributed by atoms with Crippen molar-refractivity contribution in [3.8, 4) is 0 Å². The third-order valence-corrected chi connectivity index (χ3v) is 6.23. The number of thioether (sulfide) groups is 1. The number of fused-ring (bicyclic) bond motifs is 1. The molecule has 0 spiro atoms. The molecule has 0 bridgehead atoms. The molecular formula is C15H20N4O3S2. The fraction of sp³-hybridized carbons (Fsp3) is 0.467. The van der Waals surface area contributed by atoms with Gasteiger partial charge in [-0.3, -0.25) is 4.79 Å². The molecule has 0 aliphatic carbocycles. The van der Waals surface area contributed by atoms with Crippen LogP contribution < -0.4 is 5.14 Å². The van der Waals surface area contributed by atoms with Gasteiger partial charge < -0.3 is 9.47 Å². The lowest BCUT2D eigenvalue weighted by Crippen LogP contribution is -2.34. The maximum Gasteiger partial charge on any atom is 0.238 e. The van der Waals surface area contributed by atoms with Gasteiger partial charge in [-0.25, -0.2) is 18.5 Å². The summed E-state index contributed by atoms with van der Waals surface area (Å²) in [6.07, 6.45) is 2.12. The highest BCUT2D eigenvalue weighted by atomic mass is 32.2. The van der Waals surface area contributed by atoms with Crippen molar-refractivity contribution in [2.45, 2.75) is 35.1 Å². The second-order valence-corrected chi connectivity index (χ2v) is 8.81. The molecule has 1 unspecified atom stereocenters. The molecule has 1 aliphatic rings. The number of aromatic nitrogens is 2. The Balaban J connectivity index is 1.86. The number of rotatable bonds is 4. The second-order valence-electron chi connectivity index (χ2n) is 5.94. The van der Waals surface area contributed by atoms with Gasteiger partial charge in [0.2, 0.25) is 15.9 Å². The van der Waals surface area contributed by atoms with Crippen molar-refractivity contribution in [1.29, 1.82) is 0 Å². The summed E-state index contributed by atoms with van der Waals surface area (Å²) >= 11 is 1.38. The topological polar surface area (TPSA) is 98.3 Å². The number of sulfonamides is 1. The van der Waals surface area contributed by atoms with Gasteiger partial charge >= 0.3 is 0 Å². The fourth-order valence-corrected chi connectivity index (χ4v) is 4.35. The minimum atomic E-state index is -3.76. The number of primary sulfonamides is 1. The van der Waals surface area contributed by atoms with E-state index in [-0.39, 0.29) is 16.1 Å². The van der Waals surface area contributed by atoms with E-state index < -0.39 is 10.0 Å². The molecule has 1 saturated heterocycles. The van der Waals surface area contributed by atoms with Crippen LogP contribution in [0.15, 0.2) is 28.3 Å². The third-order valence-electron chi connectivity index (χ3n) is 4.19. The number of hydrogen-bond donors (Lipinski definition) is 1. The summed E-state index contributed by atoms with van der Waals surface area (Å²) in [6.45, 7) is 3.52. The number of benzene rings is 1. The Labute approximate surface area is 145 Å². The molecule has 1 atom stereocenters. The second kappa shape index (κ2) is 6.38. The van der Waals surface area contributed by atoms with Crippen LogP contribution in [0, 0.1) is 0 Å². The number of nitrogens with two attached hydrogens (primary N) is 1. The SMILES string of the molecule is CC(Sc1nc2cc(S(N)(=O)=O)ccc2n1C)C(=O)N1CCCC1. The Kier molecular flexibility index (Phi) is 4.58. The number of carbonyl (C=O) groups is 1. The molecule has 2 N–H and O–H groups in total. The normalized spacial score (nSPS) is 16.7. The van der Waals surface area contributed by atoms with Crippen molar-refractivity contribution in [1.82, 2.24) is 14.5 Å². The molecule has 9 heteroatoms. The first-order valence-corrected chi connectivity index (χ1v) is 10.1. The van der Waals surface area contributed by atoms with Gasteiger partial charge in [0.15, 0.2) is 5.16 Å². The Morgan fingerprint density at radius 3 is 2.62 bits per heavy atom. The van der Waals surface area contributed by atoms with Crippen molar-refractivity contribution in [3.63, 3.8) is 0 Å². The predicted molar refractivity (Wildman–Crippen MR) is 93.2 cm³/mol. The van der Waals surface area contributed by atoms with Gasteiger partial charge in [0, 0.05) is 20.1 Å². The molecule has 2 aromatic rings. The van der Waals surface area contributed by atoms with Crippen LogP contribution in [0.4, 0.5) is 0 Å². The van der Waals surface area contributed by atoms with E-state index in [0.29, 0.717) is 10.7 Å². The highest BCUT2D eigenvalue weighted by molar-refractivity contribution is 8.00. The Hall–Kier alpha value is -1.58. The maximum atomic E-state index is 12.4. The van der Waals surface area contributed by atoms with Crippen LogP contribution in [0.1, 0.15) is 19.8 Å². The molecule has 0 radical (unpaired) electrons. The lowest BCUT2D eigenvalue weighted by Gasteiger charge is -2.19. The molecule has 1 aromatic carbocycles. The minimum absolute atomic E-state index is 0.0332. The molecule has 1 amide bonds. The van der Waals surface area contributed by atoms with Gasteiger partial charge in [-0.1, -0.05) is 11.8 Å². The molecule has 2 heterocycles. The van der Waals surface area contributed by atoms with E-state index in [1.807, 2.05) is 23.4 Å². The van der Waals surface area contributed by atoms with Crippen molar-refractivity contribution in [3.05, 3.63) is 18.2 Å². The van der Waals surface area contributed by atoms with Crippen LogP contribution in [0.25, 0.3) is 11.0 Å². The Morgan fingerprint density at radius 2 is 2.00 bits per heavy atom. The van der Waals surface area contributed by atoms with Gasteiger partial charge in [0.1, 0.15) is 0 Å². The van der Waals surface area contributed by atoms with E-state index in [4.69, 9.17) is 5.14 Å². The minimum Gasteiger partial charge on any atom is -0.342 e. The van der Waals surface area contributed by atoms with Crippen LogP contribution in [-0.4, -0.2) is 47.1 Å². The Bertz CT molecular complexity index is 886. The molecule has 1 aliphatic heterocycles. The number of nitrogens with zero attached hydrogens (tertiary/aromatic N) is 3. The lowest BCUT2D eigenvalue weighted by molar-refractivity contribution is -0.129. The molecule has 0 saturated carbocycles. The number of aryl methyl sites for hydroxylation is 1. The zero-order valence-electron chi connectivity index (χ0n) is 13.6. The summed E-state index contributed by atoms with van der Waals surface area (Å²) in [5.74, 6) is 0.120. The van der Waals surface area contributed by atoms with Crippen LogP contribution in [-0.2, 0) is 21.9 Å². The predicted octanol–water partition coefficient (Wildman–Crippen LogP) is 1.32. The van der Waals surface area contributed by atoms with Crippen molar-refractivity contribution in [2.75, 3.05) is 13.1 Å². The van der Waals surface area contributed by atoms with E-state index in [1.54, 1.807) is 6.07 Å². The average Bonchev–Trinajstić information content (AvgIpc) is 3.15. The standard InChI is InChI=1S/C15H20N4O3S2/c1-10(14(20)19-7-3-4-8-19)23-15-17-12-9-11(24(16,21)22)5-6-13(12)18(15)2/h5-6,9-10H,3-4,7-8H2,1-2H3,(H2,16,21,22). The van der Waals surface area contributed by atoms with E-state index in [2.05, 4.69) is 4.98 Å². The third kappa shape index (κ3) is 3.28. The summed E-state index contributed by atoms with van der Waals surface area (Å²) in [5, 5.41) is 5.60. The number of hydrogen-bond acceptors (Lipinski definition) is 5. The van der Waals surface area contributed by atoms with Gasteiger partial charge in [-0.05, 0) is 38.0 Å². The van der Waals surface area contributed by atoms with Gasteiger partial charge in [0.05, 0.1) is 21.2 Å². The van der Waals surface area contributed by atoms with Crippen LogP contribution in [0.2, 0.25) is 0 Å². The first-order chi connectivity index (χ1) is 11.3. The number of amides is 1. The molecule has 1 aromatic heterocycles. The number of carbonyl (C=O) groups excluding carboxylic acids is 1. The van der Waals surface area contributed by atoms with Crippen molar-refractivity contribution in [2.24, 2.45) is 12.2 Å². The van der Waals surface area contributed by atoms with E-state index in [9.17, 15) is 13.2 Å². The first kappa shape index (κ1) is 17.2. The summed E-state index contributed by atoms with van der Waals surface area (Å²) in [6, 6.07) is 4.60. The van der Waals surface area contributed by atoms with Gasteiger partial charge in [-0.15, -0.1) is 0 Å². The number of imidazole rings is 1. The van der Waals surface area contributed by atoms with E-state index >= 15 is 0 Å². The summed E-state index contributed by atoms with van der Waals surface area (Å²) in [5.41, 5.74) is 1.35. The highest BCUT2D eigenvalue weighted by Crippen LogP contribution is 2.28. The smallest absolute Gasteiger partial charge is 0.238 e. The van der Waals surface area contributed by atoms with Crippen LogP contribution >= 0.6 is 11.8 Å². The van der Waals surface area contributed by atoms with Crippen LogP contribution in [0.5, 0.6) is 0 Å². The Morgan fingerprint density at radius 1 is 1.33 bits per heavy atom. The summed E-state index contributed by atoms with van der Waals surface area (Å²) in [4.78, 5) is 18.8. The maximum absolute atomic E-state index is 12.4. The fourth-order valence-electron chi connectivity index (χ4n) is 2.84.